The van der Waals surface area contributed by atoms with Crippen molar-refractivity contribution in [3.63, 3.8) is 0 Å². The molecule has 3 aromatic rings. The Balaban J connectivity index is 1.70. The zero-order valence-corrected chi connectivity index (χ0v) is 39.4. The van der Waals surface area contributed by atoms with E-state index >= 15 is 0 Å². The van der Waals surface area contributed by atoms with Gasteiger partial charge in [-0.05, 0) is 73.0 Å². The van der Waals surface area contributed by atoms with Crippen LogP contribution in [0.1, 0.15) is 78.0 Å². The Labute approximate surface area is 357 Å². The molecule has 54 heavy (non-hydrogen) atoms. The molecule has 0 bridgehead atoms. The van der Waals surface area contributed by atoms with Crippen molar-refractivity contribution < 1.29 is 29.0 Å². The molecule has 3 aromatic carbocycles. The molecule has 0 aliphatic rings. The largest absolute Gasteiger partial charge is 0.480 e. The van der Waals surface area contributed by atoms with Gasteiger partial charge in [0.1, 0.15) is 6.04 Å². The molecular formula is C42H58I3N3O6. The van der Waals surface area contributed by atoms with Gasteiger partial charge in [-0.2, -0.15) is 0 Å². The van der Waals surface area contributed by atoms with Crippen LogP contribution in [0.4, 0.5) is 0 Å². The molecule has 3 rings (SSSR count). The quantitative estimate of drug-likeness (QED) is 0.0362. The molecule has 0 amide bonds. The number of rotatable bonds is 21. The maximum Gasteiger partial charge on any atom is 0.321 e. The van der Waals surface area contributed by atoms with E-state index in [1.165, 1.54) is 0 Å². The molecule has 0 fully saturated rings. The van der Waals surface area contributed by atoms with Gasteiger partial charge in [0, 0.05) is 15.2 Å². The Morgan fingerprint density at radius 2 is 1.07 bits per heavy atom. The first-order valence-corrected chi connectivity index (χ1v) is 25.7. The van der Waals surface area contributed by atoms with Gasteiger partial charge in [0.05, 0.1) is 0 Å². The second kappa shape index (κ2) is 21.1. The molecule has 9 nitrogen and oxygen atoms in total. The van der Waals surface area contributed by atoms with Crippen LogP contribution in [0.3, 0.4) is 0 Å². The van der Waals surface area contributed by atoms with E-state index in [2.05, 4.69) is 69.2 Å². The maximum atomic E-state index is 14.1. The van der Waals surface area contributed by atoms with Crippen LogP contribution in [0, 0.1) is 7.14 Å². The fraction of sp³-hybridized carbons (Fsp3) is 0.500. The number of alkyl halides is 2. The third kappa shape index (κ3) is 16.3. The molecule has 12 heteroatoms. The van der Waals surface area contributed by atoms with Crippen molar-refractivity contribution in [3.05, 3.63) is 103 Å². The number of carbonyl (C=O) groups excluding carboxylic acids is 2. The van der Waals surface area contributed by atoms with E-state index in [0.717, 1.165) is 23.8 Å². The fourth-order valence-electron chi connectivity index (χ4n) is 5.88. The number of halogens is 3. The monoisotopic (exact) mass is 1080 g/mol. The Morgan fingerprint density at radius 1 is 0.667 bits per heavy atom. The summed E-state index contributed by atoms with van der Waals surface area (Å²) in [5.41, 5.74) is 0.597. The van der Waals surface area contributed by atoms with E-state index in [9.17, 15) is 19.5 Å². The van der Waals surface area contributed by atoms with Crippen molar-refractivity contribution in [1.82, 2.24) is 14.2 Å². The van der Waals surface area contributed by atoms with Gasteiger partial charge >= 0.3 is 208 Å². The maximum absolute atomic E-state index is 14.1. The first kappa shape index (κ1) is 46.5. The van der Waals surface area contributed by atoms with Gasteiger partial charge in [-0.3, -0.25) is 10.1 Å². The summed E-state index contributed by atoms with van der Waals surface area (Å²) in [7, 11) is 0. The number of carbonyl (C=O) groups is 3. The van der Waals surface area contributed by atoms with E-state index in [1.54, 1.807) is 0 Å². The minimum atomic E-state index is -1.47. The van der Waals surface area contributed by atoms with Crippen LogP contribution in [0.25, 0.3) is 0 Å². The summed E-state index contributed by atoms with van der Waals surface area (Å²) in [6, 6.07) is 23.4. The second-order valence-corrected chi connectivity index (χ2v) is 23.3. The number of esters is 2. The van der Waals surface area contributed by atoms with Crippen molar-refractivity contribution in [3.8, 4) is 0 Å². The van der Waals surface area contributed by atoms with Gasteiger partial charge in [-0.15, -0.1) is 0 Å². The molecule has 0 saturated heterocycles. The van der Waals surface area contributed by atoms with Crippen molar-refractivity contribution in [1.29, 1.82) is 0 Å². The number of nitrogens with one attached hydrogen (secondary N) is 3. The summed E-state index contributed by atoms with van der Waals surface area (Å²) >= 11 is 3.06. The van der Waals surface area contributed by atoms with E-state index in [1.807, 2.05) is 127 Å². The van der Waals surface area contributed by atoms with Crippen molar-refractivity contribution in [2.45, 2.75) is 121 Å². The summed E-state index contributed by atoms with van der Waals surface area (Å²) in [5, 5.41) is 16.9. The van der Waals surface area contributed by atoms with Gasteiger partial charge in [-0.1, -0.05) is 42.5 Å². The molecule has 0 heterocycles. The SMILES string of the molecule is CC(NC(Cc1ccc(I)cc1)C(=O)OC(C)(C)CCC(C)(C)OC(=O)C(Cc1ccc(I)cc1)NI(C)C)C(C)(C)NC(Cc1ccccc1)C(=O)O. The van der Waals surface area contributed by atoms with Crippen molar-refractivity contribution in [2.75, 3.05) is 9.86 Å². The summed E-state index contributed by atoms with van der Waals surface area (Å²) in [6.07, 6.45) is 2.21. The van der Waals surface area contributed by atoms with E-state index in [-0.39, 0.29) is 12.0 Å². The summed E-state index contributed by atoms with van der Waals surface area (Å²) in [5.74, 6) is -1.62. The van der Waals surface area contributed by atoms with Crippen LogP contribution in [-0.4, -0.2) is 73.8 Å². The number of ether oxygens (including phenoxy) is 2. The Hall–Kier alpha value is -1.86. The van der Waals surface area contributed by atoms with Crippen molar-refractivity contribution >= 4 is 83.2 Å². The zero-order chi connectivity index (χ0) is 40.3. The van der Waals surface area contributed by atoms with Crippen LogP contribution in [0.2, 0.25) is 0 Å². The average Bonchev–Trinajstić information content (AvgIpc) is 3.08. The van der Waals surface area contributed by atoms with E-state index in [4.69, 9.17) is 9.47 Å². The zero-order valence-electron chi connectivity index (χ0n) is 33.0. The Kier molecular flexibility index (Phi) is 18.1. The van der Waals surface area contributed by atoms with Gasteiger partial charge < -0.3 is 5.11 Å². The van der Waals surface area contributed by atoms with Crippen LogP contribution in [-0.2, 0) is 43.1 Å². The second-order valence-electron chi connectivity index (χ2n) is 15.8. The smallest absolute Gasteiger partial charge is 0.321 e. The summed E-state index contributed by atoms with van der Waals surface area (Å²) < 4.78 is 18.1. The summed E-state index contributed by atoms with van der Waals surface area (Å²) in [4.78, 5) is 44.3. The average molecular weight is 1080 g/mol. The normalized spacial score (nSPS) is 14.8. The first-order chi connectivity index (χ1) is 25.1. The standard InChI is InChI=1S/C42H58I3N3O6/c1-28(42(6,7)47-34(37(49)50)25-29-13-11-10-12-14-29)46-35(26-30-15-19-32(43)20-16-30)38(51)53-40(2,3)23-24-41(4,5)54-39(52)36(48-45(8)9)27-31-17-21-33(44)22-18-31/h10-22,28,34-36,46-48H,23-27H2,1-9H3,(H,49,50). The number of hydrogen-bond donors (Lipinski definition) is 4. The predicted molar refractivity (Wildman–Crippen MR) is 243 cm³/mol. The van der Waals surface area contributed by atoms with Gasteiger partial charge in [0.25, 0.3) is 0 Å². The molecule has 0 saturated carbocycles. The Bertz CT molecular complexity index is 1650. The van der Waals surface area contributed by atoms with Crippen LogP contribution >= 0.6 is 65.3 Å². The third-order valence-electron chi connectivity index (χ3n) is 9.37. The molecule has 0 aliphatic carbocycles. The molecule has 0 spiro atoms. The molecule has 4 N–H and O–H groups in total. The number of carboxylic acids is 1. The minimum absolute atomic E-state index is 0.278. The van der Waals surface area contributed by atoms with Crippen LogP contribution in [0.5, 0.6) is 0 Å². The molecule has 0 aromatic heterocycles. The molecule has 4 atom stereocenters. The molecule has 0 aliphatic heterocycles. The molecule has 298 valence electrons. The molecular weight excluding hydrogens is 1020 g/mol. The number of aliphatic carboxylic acids is 1. The van der Waals surface area contributed by atoms with Gasteiger partial charge in [0.2, 0.25) is 0 Å². The fourth-order valence-corrected chi connectivity index (χ4v) is 8.57. The van der Waals surface area contributed by atoms with Crippen LogP contribution < -0.4 is 14.2 Å². The predicted octanol–water partition coefficient (Wildman–Crippen LogP) is 8.15. The van der Waals surface area contributed by atoms with Gasteiger partial charge in [0.15, 0.2) is 0 Å². The third-order valence-corrected chi connectivity index (χ3v) is 12.8. The van der Waals surface area contributed by atoms with Gasteiger partial charge in [-0.25, -0.2) is 0 Å². The summed E-state index contributed by atoms with van der Waals surface area (Å²) in [6.45, 7) is 13.4. The molecule has 4 unspecified atom stereocenters. The van der Waals surface area contributed by atoms with Crippen molar-refractivity contribution in [2.24, 2.45) is 0 Å². The number of hydrogen-bond acceptors (Lipinski definition) is 8. The van der Waals surface area contributed by atoms with E-state index in [0.29, 0.717) is 32.1 Å². The topological polar surface area (TPSA) is 126 Å². The molecule has 0 radical (unpaired) electrons. The number of carboxylic acid groups (broad SMARTS) is 1. The number of benzene rings is 3. The first-order valence-electron chi connectivity index (χ1n) is 18.2. The van der Waals surface area contributed by atoms with Crippen LogP contribution in [0.15, 0.2) is 78.9 Å². The Morgan fingerprint density at radius 3 is 1.52 bits per heavy atom. The van der Waals surface area contributed by atoms with E-state index < -0.39 is 66.9 Å². The minimum Gasteiger partial charge on any atom is -0.480 e.